The molecule has 6 heteroatoms. The van der Waals surface area contributed by atoms with Crippen molar-refractivity contribution >= 4 is 28.4 Å². The van der Waals surface area contributed by atoms with Crippen LogP contribution in [0.1, 0.15) is 0 Å². The van der Waals surface area contributed by atoms with Gasteiger partial charge in [0.2, 0.25) is 0 Å². The monoisotopic (exact) mass is 283 g/mol. The molecule has 100 valence electrons. The number of hydrogen-bond acceptors (Lipinski definition) is 5. The van der Waals surface area contributed by atoms with Crippen molar-refractivity contribution < 1.29 is 0 Å². The van der Waals surface area contributed by atoms with Crippen LogP contribution in [0.3, 0.4) is 0 Å². The summed E-state index contributed by atoms with van der Waals surface area (Å²) in [6.45, 7) is 1.24. The molecule has 1 aliphatic heterocycles. The largest absolute Gasteiger partial charge is 0.398 e. The highest BCUT2D eigenvalue weighted by molar-refractivity contribution is 8.00. The maximum absolute atomic E-state index is 6.14. The van der Waals surface area contributed by atoms with Gasteiger partial charge in [0.1, 0.15) is 11.4 Å². The number of anilines is 1. The summed E-state index contributed by atoms with van der Waals surface area (Å²) in [4.78, 5) is 6.64. The maximum atomic E-state index is 6.14. The van der Waals surface area contributed by atoms with E-state index in [0.717, 1.165) is 37.8 Å². The van der Waals surface area contributed by atoms with E-state index in [9.17, 15) is 0 Å². The average molecular weight is 283 g/mol. The van der Waals surface area contributed by atoms with E-state index in [1.165, 1.54) is 0 Å². The summed E-state index contributed by atoms with van der Waals surface area (Å²) in [6, 6.07) is 7.93. The highest BCUT2D eigenvalue weighted by atomic mass is 32.2. The third-order valence-corrected chi connectivity index (χ3v) is 4.64. The first-order valence-electron chi connectivity index (χ1n) is 6.42. The van der Waals surface area contributed by atoms with Crippen LogP contribution < -0.4 is 11.5 Å². The van der Waals surface area contributed by atoms with E-state index in [1.54, 1.807) is 18.0 Å². The number of hydrogen-bond donors (Lipinski definition) is 2. The van der Waals surface area contributed by atoms with Crippen LogP contribution >= 0.6 is 11.8 Å². The van der Waals surface area contributed by atoms with E-state index in [0.29, 0.717) is 13.1 Å². The molecule has 3 heterocycles. The Balaban J connectivity index is 2.12. The second-order valence-electron chi connectivity index (χ2n) is 4.69. The lowest BCUT2D eigenvalue weighted by atomic mass is 10.1. The van der Waals surface area contributed by atoms with Crippen LogP contribution in [0.2, 0.25) is 0 Å². The molecule has 5 nitrogen and oxygen atoms in total. The molecule has 0 amide bonds. The molecule has 0 saturated heterocycles. The molecule has 0 fully saturated rings. The van der Waals surface area contributed by atoms with Crippen LogP contribution in [0.4, 0.5) is 5.69 Å². The SMILES string of the molecule is NCCn1nc2c3c(c(N)ccc31)Sc1cccnc1-2. The van der Waals surface area contributed by atoms with E-state index in [2.05, 4.69) is 11.1 Å². The lowest BCUT2D eigenvalue weighted by Gasteiger charge is -2.15. The van der Waals surface area contributed by atoms with Crippen LogP contribution in [0, 0.1) is 0 Å². The van der Waals surface area contributed by atoms with Crippen molar-refractivity contribution in [3.05, 3.63) is 30.5 Å². The minimum Gasteiger partial charge on any atom is -0.398 e. The topological polar surface area (TPSA) is 82.8 Å². The zero-order valence-corrected chi connectivity index (χ0v) is 11.5. The molecule has 4 N–H and O–H groups in total. The Morgan fingerprint density at radius 2 is 2.10 bits per heavy atom. The molecule has 1 aliphatic rings. The van der Waals surface area contributed by atoms with Gasteiger partial charge in [0.15, 0.2) is 0 Å². The number of fused-ring (bicyclic) bond motifs is 2. The fourth-order valence-electron chi connectivity index (χ4n) is 2.59. The molecule has 0 bridgehead atoms. The Morgan fingerprint density at radius 3 is 2.95 bits per heavy atom. The fourth-order valence-corrected chi connectivity index (χ4v) is 3.69. The second kappa shape index (κ2) is 4.22. The van der Waals surface area contributed by atoms with Crippen LogP contribution in [-0.4, -0.2) is 21.3 Å². The molecule has 2 aromatic heterocycles. The molecular formula is C14H13N5S. The molecule has 0 saturated carbocycles. The van der Waals surface area contributed by atoms with Gasteiger partial charge in [-0.2, -0.15) is 5.10 Å². The number of rotatable bonds is 2. The summed E-state index contributed by atoms with van der Waals surface area (Å²) in [5, 5.41) is 5.79. The van der Waals surface area contributed by atoms with Gasteiger partial charge in [0.25, 0.3) is 0 Å². The van der Waals surface area contributed by atoms with Crippen molar-refractivity contribution in [3.63, 3.8) is 0 Å². The summed E-state index contributed by atoms with van der Waals surface area (Å²) < 4.78 is 1.94. The van der Waals surface area contributed by atoms with Gasteiger partial charge >= 0.3 is 0 Å². The Morgan fingerprint density at radius 1 is 1.20 bits per heavy atom. The number of nitrogens with two attached hydrogens (primary N) is 2. The minimum atomic E-state index is 0.554. The van der Waals surface area contributed by atoms with Gasteiger partial charge in [-0.1, -0.05) is 11.8 Å². The van der Waals surface area contributed by atoms with Gasteiger partial charge in [0, 0.05) is 33.6 Å². The molecule has 0 radical (unpaired) electrons. The molecule has 0 aliphatic carbocycles. The first-order valence-corrected chi connectivity index (χ1v) is 7.23. The van der Waals surface area contributed by atoms with E-state index >= 15 is 0 Å². The van der Waals surface area contributed by atoms with Crippen molar-refractivity contribution in [1.82, 2.24) is 14.8 Å². The maximum Gasteiger partial charge on any atom is 0.121 e. The first kappa shape index (κ1) is 11.7. The Labute approximate surface area is 120 Å². The lowest BCUT2D eigenvalue weighted by molar-refractivity contribution is 0.647. The zero-order valence-electron chi connectivity index (χ0n) is 10.7. The summed E-state index contributed by atoms with van der Waals surface area (Å²) in [6.07, 6.45) is 1.80. The van der Waals surface area contributed by atoms with Gasteiger partial charge in [0.05, 0.1) is 12.1 Å². The highest BCUT2D eigenvalue weighted by Gasteiger charge is 2.25. The van der Waals surface area contributed by atoms with E-state index in [-0.39, 0.29) is 0 Å². The summed E-state index contributed by atoms with van der Waals surface area (Å²) in [5.41, 5.74) is 15.5. The number of nitrogen functional groups attached to an aromatic ring is 1. The first-order chi connectivity index (χ1) is 9.79. The van der Waals surface area contributed by atoms with Crippen molar-refractivity contribution in [2.45, 2.75) is 16.3 Å². The minimum absolute atomic E-state index is 0.554. The average Bonchev–Trinajstić information content (AvgIpc) is 2.83. The summed E-state index contributed by atoms with van der Waals surface area (Å²) in [5.74, 6) is 0. The Kier molecular flexibility index (Phi) is 2.48. The third kappa shape index (κ3) is 1.49. The number of benzene rings is 1. The molecule has 0 spiro atoms. The molecular weight excluding hydrogens is 270 g/mol. The van der Waals surface area contributed by atoms with Gasteiger partial charge in [-0.05, 0) is 24.3 Å². The predicted molar refractivity (Wildman–Crippen MR) is 80.6 cm³/mol. The van der Waals surface area contributed by atoms with Gasteiger partial charge in [-0.15, -0.1) is 0 Å². The van der Waals surface area contributed by atoms with E-state index in [1.807, 2.05) is 22.9 Å². The van der Waals surface area contributed by atoms with Crippen molar-refractivity contribution in [1.29, 1.82) is 0 Å². The van der Waals surface area contributed by atoms with Crippen molar-refractivity contribution in [2.75, 3.05) is 12.3 Å². The zero-order chi connectivity index (χ0) is 13.7. The van der Waals surface area contributed by atoms with Crippen molar-refractivity contribution in [3.8, 4) is 11.4 Å². The number of nitrogens with zero attached hydrogens (tertiary/aromatic N) is 3. The highest BCUT2D eigenvalue weighted by Crippen LogP contribution is 2.48. The predicted octanol–water partition coefficient (Wildman–Crippen LogP) is 2.10. The van der Waals surface area contributed by atoms with E-state index < -0.39 is 0 Å². The number of aromatic nitrogens is 3. The van der Waals surface area contributed by atoms with Crippen molar-refractivity contribution in [2.24, 2.45) is 5.73 Å². The summed E-state index contributed by atoms with van der Waals surface area (Å²) >= 11 is 1.66. The number of pyridine rings is 1. The molecule has 0 unspecified atom stereocenters. The Bertz CT molecular complexity index is 824. The second-order valence-corrected chi connectivity index (χ2v) is 5.74. The lowest BCUT2D eigenvalue weighted by Crippen LogP contribution is -2.10. The van der Waals surface area contributed by atoms with Crippen LogP contribution in [-0.2, 0) is 6.54 Å². The molecule has 0 atom stereocenters. The standard InChI is InChI=1S/C14H13N5S/c15-5-7-19-9-4-3-8(16)14-11(9)13(18-19)12-10(20-14)2-1-6-17-12/h1-4,6H,5,7,15-16H2. The van der Waals surface area contributed by atoms with Crippen LogP contribution in [0.5, 0.6) is 0 Å². The van der Waals surface area contributed by atoms with E-state index in [4.69, 9.17) is 16.6 Å². The fraction of sp³-hybridized carbons (Fsp3) is 0.143. The quantitative estimate of drug-likeness (QED) is 0.550. The molecule has 1 aromatic carbocycles. The normalized spacial score (nSPS) is 12.7. The van der Waals surface area contributed by atoms with Crippen LogP contribution in [0.25, 0.3) is 22.3 Å². The van der Waals surface area contributed by atoms with Crippen LogP contribution in [0.15, 0.2) is 40.3 Å². The van der Waals surface area contributed by atoms with Gasteiger partial charge in [-0.3, -0.25) is 9.67 Å². The summed E-state index contributed by atoms with van der Waals surface area (Å²) in [7, 11) is 0. The molecule has 3 aromatic rings. The molecule has 4 rings (SSSR count). The molecule has 20 heavy (non-hydrogen) atoms. The van der Waals surface area contributed by atoms with Gasteiger partial charge < -0.3 is 11.5 Å². The van der Waals surface area contributed by atoms with Gasteiger partial charge in [-0.25, -0.2) is 0 Å². The third-order valence-electron chi connectivity index (χ3n) is 3.45. The smallest absolute Gasteiger partial charge is 0.121 e. The Hall–Kier alpha value is -2.05.